The van der Waals surface area contributed by atoms with E-state index in [1.54, 1.807) is 5.56 Å². The second-order valence-corrected chi connectivity index (χ2v) is 41.3. The number of nitrogens with zero attached hydrogens (tertiary/aromatic N) is 8. The number of rotatable bonds is 0. The number of pyridine rings is 4. The van der Waals surface area contributed by atoms with E-state index in [1.165, 1.54) is 324 Å². The first-order valence-corrected chi connectivity index (χ1v) is 50.3. The van der Waals surface area contributed by atoms with Crippen molar-refractivity contribution >= 4 is 68.4 Å². The number of anilines is 12. The van der Waals surface area contributed by atoms with Gasteiger partial charge in [0, 0.05) is 99.4 Å². The Morgan fingerprint density at radius 3 is 0.886 bits per heavy atom. The lowest BCUT2D eigenvalue weighted by atomic mass is 9.82. The van der Waals surface area contributed by atoms with E-state index in [0.717, 1.165) is 109 Å². The SMILES string of the molecule is c1ccc2c(c1)Cc1c-2ccc2c1-c1cc3c4c(c1C2)Cc1ccccc1N4c1cccnc1C3.c1ccc2c(c1)Cc1c-2ccc2c1-c1cc3c4c(c1C2)Cc1ccccc1N4c1ccncc1C3.c1ccc2c(c1)Cc1c-2ccc2c1-c1cc3c4c(c1C2)Cc1ccccc1N4c1cnccc1C3.c1ccc2c(c1)Cc1c-2ccc2c1-c1cc3c4c(c1C2)Cc1ccccc1N4c1ncccc1C3. The summed E-state index contributed by atoms with van der Waals surface area (Å²) < 4.78 is 0. The maximum atomic E-state index is 4.87. The van der Waals surface area contributed by atoms with Crippen LogP contribution in [0, 0.1) is 0 Å². The van der Waals surface area contributed by atoms with Crippen LogP contribution < -0.4 is 19.6 Å². The van der Waals surface area contributed by atoms with Crippen molar-refractivity contribution in [3.63, 3.8) is 0 Å². The Bertz CT molecular complexity index is 8040. The molecular weight excluding hydrogens is 1700 g/mol. The molecule has 0 fully saturated rings. The molecule has 4 aromatic heterocycles. The summed E-state index contributed by atoms with van der Waals surface area (Å²) in [6, 6.07) is 114. The molecule has 8 aliphatic carbocycles. The summed E-state index contributed by atoms with van der Waals surface area (Å²) in [5.41, 5.74) is 84.6. The molecule has 656 valence electrons. The van der Waals surface area contributed by atoms with Gasteiger partial charge in [0.1, 0.15) is 5.82 Å². The Balaban J connectivity index is 0.0000000829. The van der Waals surface area contributed by atoms with Crippen molar-refractivity contribution in [2.24, 2.45) is 0 Å². The second kappa shape index (κ2) is 28.5. The van der Waals surface area contributed by atoms with Gasteiger partial charge in [-0.3, -0.25) is 19.9 Å². The van der Waals surface area contributed by atoms with Gasteiger partial charge in [0.15, 0.2) is 0 Å². The highest BCUT2D eigenvalue weighted by atomic mass is 15.2. The first kappa shape index (κ1) is 76.5. The van der Waals surface area contributed by atoms with Gasteiger partial charge in [0.2, 0.25) is 0 Å². The van der Waals surface area contributed by atoms with Crippen LogP contribution in [0.25, 0.3) is 89.0 Å². The predicted octanol–water partition coefficient (Wildman–Crippen LogP) is 30.0. The molecule has 16 aliphatic rings. The van der Waals surface area contributed by atoms with Gasteiger partial charge in [-0.1, -0.05) is 224 Å². The molecule has 8 nitrogen and oxygen atoms in total. The normalized spacial score (nSPS) is 14.9. The monoisotopic (exact) mass is 1780 g/mol. The zero-order chi connectivity index (χ0) is 90.7. The van der Waals surface area contributed by atoms with Crippen molar-refractivity contribution in [2.75, 3.05) is 19.6 Å². The number of fused-ring (bicyclic) bond motifs is 48. The third-order valence-corrected chi connectivity index (χ3v) is 34.5. The van der Waals surface area contributed by atoms with Gasteiger partial charge in [0.05, 0.1) is 57.4 Å². The van der Waals surface area contributed by atoms with Gasteiger partial charge in [-0.15, -0.1) is 0 Å². The van der Waals surface area contributed by atoms with E-state index >= 15 is 0 Å². The highest BCUT2D eigenvalue weighted by Crippen LogP contribution is 2.64. The minimum absolute atomic E-state index is 0.898. The number of hydrogen-bond acceptors (Lipinski definition) is 8. The molecule has 20 aromatic rings. The van der Waals surface area contributed by atoms with Crippen molar-refractivity contribution in [3.05, 3.63) is 519 Å². The lowest BCUT2D eigenvalue weighted by molar-refractivity contribution is 0.961. The quantitative estimate of drug-likeness (QED) is 0.149. The second-order valence-electron chi connectivity index (χ2n) is 41.3. The van der Waals surface area contributed by atoms with Gasteiger partial charge in [-0.25, -0.2) is 4.98 Å². The maximum absolute atomic E-state index is 4.87. The van der Waals surface area contributed by atoms with E-state index in [0.29, 0.717) is 0 Å². The molecule has 16 aromatic carbocycles. The topological polar surface area (TPSA) is 64.5 Å². The summed E-state index contributed by atoms with van der Waals surface area (Å²) in [5, 5.41) is 0. The number of para-hydroxylation sites is 4. The van der Waals surface area contributed by atoms with Crippen LogP contribution in [0.4, 0.5) is 68.4 Å². The third-order valence-electron chi connectivity index (χ3n) is 34.5. The Kier molecular flexibility index (Phi) is 15.6. The van der Waals surface area contributed by atoms with Crippen LogP contribution in [0.2, 0.25) is 0 Å². The smallest absolute Gasteiger partial charge is 0.141 e. The fourth-order valence-electron chi connectivity index (χ4n) is 28.8. The summed E-state index contributed by atoms with van der Waals surface area (Å²) in [5.74, 6) is 1.10. The molecule has 0 bridgehead atoms. The standard InChI is InChI=1S/4C33H22N2/c1-3-9-24-19(6-1)15-27-25(24)12-11-21-17-26-28(31(21)27)18-23-14-22-8-5-13-34-33(22)35-30-10-4-2-7-20(30)16-29(26)32(23)35;1-3-8-23-19(6-1)14-26-24(23)12-11-21-16-25-27(32(21)26)17-22-18-29-31(10-5-13-34-29)35-30-9-4-2-7-20(30)15-28(25)33(22)35;1-3-7-24-19(5-1)14-27-25(24)10-9-22-16-26-28(32(22)27)17-23-13-21-11-12-34-18-31(21)35-30-8-4-2-6-20(30)15-29(26)33(23)35;1-3-7-24-19(5-1)14-27-25(24)10-9-21-16-26-28(32(21)27)17-22-13-23-18-34-12-11-31(23)35-30-8-4-2-6-20(30)15-29(26)33(22)35/h1-13,18H,14-17H2;1-13,17H,14-16,18H2;2*1-12,17-18H,13-16H2. The summed E-state index contributed by atoms with van der Waals surface area (Å²) in [6.07, 6.45) is 27.9. The molecule has 140 heavy (non-hydrogen) atoms. The minimum atomic E-state index is 0.898. The van der Waals surface area contributed by atoms with Gasteiger partial charge in [-0.2, -0.15) is 0 Å². The van der Waals surface area contributed by atoms with E-state index in [2.05, 4.69) is 345 Å². The Labute approximate surface area is 812 Å². The molecule has 0 saturated heterocycles. The van der Waals surface area contributed by atoms with E-state index < -0.39 is 0 Å². The highest BCUT2D eigenvalue weighted by molar-refractivity contribution is 6.03. The molecule has 0 unspecified atom stereocenters. The van der Waals surface area contributed by atoms with E-state index in [1.807, 2.05) is 24.8 Å². The fourth-order valence-corrected chi connectivity index (χ4v) is 28.8. The molecule has 0 N–H and O–H groups in total. The molecule has 8 aliphatic heterocycles. The van der Waals surface area contributed by atoms with Crippen molar-refractivity contribution in [1.82, 2.24) is 19.9 Å². The maximum Gasteiger partial charge on any atom is 0.141 e. The summed E-state index contributed by atoms with van der Waals surface area (Å²) >= 11 is 0. The van der Waals surface area contributed by atoms with E-state index in [-0.39, 0.29) is 0 Å². The van der Waals surface area contributed by atoms with Crippen molar-refractivity contribution in [1.29, 1.82) is 0 Å². The largest absolute Gasteiger partial charge is 0.309 e. The van der Waals surface area contributed by atoms with Crippen LogP contribution in [0.5, 0.6) is 0 Å². The zero-order valence-electron chi connectivity index (χ0n) is 77.2. The van der Waals surface area contributed by atoms with Gasteiger partial charge >= 0.3 is 0 Å². The van der Waals surface area contributed by atoms with Crippen LogP contribution in [-0.4, -0.2) is 19.9 Å². The molecule has 12 heterocycles. The molecule has 0 atom stereocenters. The van der Waals surface area contributed by atoms with Crippen LogP contribution >= 0.6 is 0 Å². The van der Waals surface area contributed by atoms with Crippen molar-refractivity contribution < 1.29 is 0 Å². The molecule has 36 rings (SSSR count). The Hall–Kier alpha value is -16.7. The average Bonchev–Trinajstić information content (AvgIpc) is 1.39. The Morgan fingerprint density at radius 1 is 0.157 bits per heavy atom. The van der Waals surface area contributed by atoms with Crippen LogP contribution in [0.15, 0.2) is 340 Å². The molecule has 0 saturated carbocycles. The zero-order valence-corrected chi connectivity index (χ0v) is 77.2. The average molecular weight is 1790 g/mol. The predicted molar refractivity (Wildman–Crippen MR) is 564 cm³/mol. The third kappa shape index (κ3) is 10.6. The van der Waals surface area contributed by atoms with Crippen LogP contribution in [0.1, 0.15) is 178 Å². The summed E-state index contributed by atoms with van der Waals surface area (Å²) in [6.45, 7) is 0. The van der Waals surface area contributed by atoms with Gasteiger partial charge in [-0.05, 0) is 392 Å². The molecule has 0 amide bonds. The molecule has 0 spiro atoms. The van der Waals surface area contributed by atoms with Crippen molar-refractivity contribution in [2.45, 2.75) is 103 Å². The number of hydrogen-bond donors (Lipinski definition) is 0. The van der Waals surface area contributed by atoms with Crippen LogP contribution in [0.3, 0.4) is 0 Å². The first-order chi connectivity index (χ1) is 69.4. The fraction of sp³-hybridized carbons (Fsp3) is 0.121. The molecule has 0 radical (unpaired) electrons. The van der Waals surface area contributed by atoms with E-state index in [9.17, 15) is 0 Å². The molecule has 8 heteroatoms. The van der Waals surface area contributed by atoms with Crippen molar-refractivity contribution in [3.8, 4) is 89.0 Å². The van der Waals surface area contributed by atoms with Gasteiger partial charge in [0.25, 0.3) is 0 Å². The lowest BCUT2D eigenvalue weighted by Crippen LogP contribution is -2.26. The highest BCUT2D eigenvalue weighted by Gasteiger charge is 2.45. The molecular formula is C132H88N8. The Morgan fingerprint density at radius 2 is 0.450 bits per heavy atom. The summed E-state index contributed by atoms with van der Waals surface area (Å²) in [7, 11) is 0. The van der Waals surface area contributed by atoms with Crippen LogP contribution in [-0.2, 0) is 103 Å². The number of aromatic nitrogens is 4. The minimum Gasteiger partial charge on any atom is -0.309 e. The number of benzene rings is 16. The summed E-state index contributed by atoms with van der Waals surface area (Å²) in [4.78, 5) is 28.7. The first-order valence-electron chi connectivity index (χ1n) is 50.3. The van der Waals surface area contributed by atoms with E-state index in [4.69, 9.17) is 9.97 Å². The van der Waals surface area contributed by atoms with Gasteiger partial charge < -0.3 is 14.7 Å². The lowest BCUT2D eigenvalue weighted by Gasteiger charge is -2.40.